The Bertz CT molecular complexity index is 1170. The summed E-state index contributed by atoms with van der Waals surface area (Å²) in [5.41, 5.74) is 3.37. The van der Waals surface area contributed by atoms with Gasteiger partial charge in [0.1, 0.15) is 11.0 Å². The number of hydrogen-bond acceptors (Lipinski definition) is 5. The Morgan fingerprint density at radius 3 is 2.71 bits per heavy atom. The van der Waals surface area contributed by atoms with Gasteiger partial charge in [-0.25, -0.2) is 14.2 Å². The van der Waals surface area contributed by atoms with E-state index in [-0.39, 0.29) is 34.4 Å². The normalized spacial score (nSPS) is 13.0. The molecule has 0 N–H and O–H groups in total. The van der Waals surface area contributed by atoms with Gasteiger partial charge in [0.2, 0.25) is 0 Å². The van der Waals surface area contributed by atoms with E-state index < -0.39 is 11.8 Å². The fourth-order valence-corrected chi connectivity index (χ4v) is 4.21. The van der Waals surface area contributed by atoms with Crippen LogP contribution in [0.2, 0.25) is 5.15 Å². The molecule has 0 amide bonds. The molecule has 0 unspecified atom stereocenters. The molecule has 2 heterocycles. The lowest BCUT2D eigenvalue weighted by Gasteiger charge is -2.14. The van der Waals surface area contributed by atoms with Crippen molar-refractivity contribution in [2.75, 3.05) is 6.61 Å². The van der Waals surface area contributed by atoms with Crippen LogP contribution >= 0.6 is 11.6 Å². The van der Waals surface area contributed by atoms with E-state index in [1.165, 1.54) is 16.8 Å². The molecule has 2 aromatic heterocycles. The van der Waals surface area contributed by atoms with Crippen molar-refractivity contribution in [3.63, 3.8) is 0 Å². The number of fused-ring (bicyclic) bond motifs is 1. The van der Waals surface area contributed by atoms with Gasteiger partial charge in [-0.3, -0.25) is 4.79 Å². The number of aryl methyl sites for hydroxylation is 1. The lowest BCUT2D eigenvalue weighted by molar-refractivity contribution is 0.0525. The van der Waals surface area contributed by atoms with Crippen molar-refractivity contribution in [1.82, 2.24) is 14.8 Å². The summed E-state index contributed by atoms with van der Waals surface area (Å²) in [7, 11) is 0. The SMILES string of the molecule is CCOC(=O)c1ccc(-c2nn(C(=O)c3c(C)ccnc3Cl)c3c2CCCC3)c(F)c1. The van der Waals surface area contributed by atoms with Crippen molar-refractivity contribution in [2.24, 2.45) is 0 Å². The van der Waals surface area contributed by atoms with Crippen molar-refractivity contribution in [3.8, 4) is 11.3 Å². The smallest absolute Gasteiger partial charge is 0.338 e. The first-order chi connectivity index (χ1) is 14.9. The lowest BCUT2D eigenvalue weighted by Crippen LogP contribution is -2.20. The van der Waals surface area contributed by atoms with Gasteiger partial charge in [-0.05, 0) is 69.4 Å². The number of pyridine rings is 1. The molecule has 0 radical (unpaired) electrons. The molecule has 1 aliphatic rings. The van der Waals surface area contributed by atoms with E-state index in [2.05, 4.69) is 10.1 Å². The van der Waals surface area contributed by atoms with E-state index in [4.69, 9.17) is 16.3 Å². The molecule has 4 rings (SSSR count). The van der Waals surface area contributed by atoms with Crippen LogP contribution in [-0.4, -0.2) is 33.2 Å². The monoisotopic (exact) mass is 441 g/mol. The van der Waals surface area contributed by atoms with Gasteiger partial charge in [0, 0.05) is 17.3 Å². The molecular formula is C23H21ClFN3O3. The predicted molar refractivity (Wildman–Crippen MR) is 114 cm³/mol. The van der Waals surface area contributed by atoms with E-state index in [0.29, 0.717) is 24.1 Å². The Balaban J connectivity index is 1.82. The summed E-state index contributed by atoms with van der Waals surface area (Å²) in [6, 6.07) is 5.87. The average molecular weight is 442 g/mol. The summed E-state index contributed by atoms with van der Waals surface area (Å²) in [6.45, 7) is 3.68. The molecule has 0 saturated carbocycles. The molecule has 1 aromatic carbocycles. The van der Waals surface area contributed by atoms with Crippen LogP contribution in [0.15, 0.2) is 30.5 Å². The summed E-state index contributed by atoms with van der Waals surface area (Å²) in [6.07, 6.45) is 4.73. The Morgan fingerprint density at radius 1 is 1.23 bits per heavy atom. The highest BCUT2D eigenvalue weighted by molar-refractivity contribution is 6.32. The van der Waals surface area contributed by atoms with Crippen molar-refractivity contribution < 1.29 is 18.7 Å². The summed E-state index contributed by atoms with van der Waals surface area (Å²) >= 11 is 6.20. The van der Waals surface area contributed by atoms with Crippen LogP contribution in [-0.2, 0) is 17.6 Å². The van der Waals surface area contributed by atoms with Gasteiger partial charge in [-0.15, -0.1) is 0 Å². The van der Waals surface area contributed by atoms with E-state index in [9.17, 15) is 14.0 Å². The fourth-order valence-electron chi connectivity index (χ4n) is 3.92. The first-order valence-electron chi connectivity index (χ1n) is 10.2. The maximum Gasteiger partial charge on any atom is 0.338 e. The van der Waals surface area contributed by atoms with Crippen LogP contribution in [0.5, 0.6) is 0 Å². The second-order valence-corrected chi connectivity index (χ2v) is 7.76. The molecule has 0 fully saturated rings. The van der Waals surface area contributed by atoms with Gasteiger partial charge in [-0.2, -0.15) is 9.78 Å². The highest BCUT2D eigenvalue weighted by atomic mass is 35.5. The minimum atomic E-state index is -0.591. The van der Waals surface area contributed by atoms with Gasteiger partial charge in [0.15, 0.2) is 0 Å². The van der Waals surface area contributed by atoms with Crippen LogP contribution < -0.4 is 0 Å². The average Bonchev–Trinajstić information content (AvgIpc) is 3.13. The molecule has 3 aromatic rings. The van der Waals surface area contributed by atoms with Gasteiger partial charge in [0.25, 0.3) is 5.91 Å². The number of carbonyl (C=O) groups excluding carboxylic acids is 2. The Morgan fingerprint density at radius 2 is 2.00 bits per heavy atom. The van der Waals surface area contributed by atoms with Crippen LogP contribution in [0.3, 0.4) is 0 Å². The standard InChI is InChI=1S/C23H21ClFN3O3/c1-3-31-23(30)14-8-9-15(17(25)12-14)20-16-6-4-5-7-18(16)28(27-20)22(29)19-13(2)10-11-26-21(19)24/h8-12H,3-7H2,1-2H3. The highest BCUT2D eigenvalue weighted by Crippen LogP contribution is 2.34. The second-order valence-electron chi connectivity index (χ2n) is 7.41. The molecule has 0 saturated heterocycles. The largest absolute Gasteiger partial charge is 0.462 e. The first kappa shape index (κ1) is 21.2. The van der Waals surface area contributed by atoms with E-state index in [1.54, 1.807) is 26.1 Å². The molecule has 31 heavy (non-hydrogen) atoms. The van der Waals surface area contributed by atoms with Gasteiger partial charge in [-0.1, -0.05) is 11.6 Å². The molecule has 6 nitrogen and oxygen atoms in total. The molecule has 0 atom stereocenters. The van der Waals surface area contributed by atoms with E-state index >= 15 is 0 Å². The van der Waals surface area contributed by atoms with Gasteiger partial charge >= 0.3 is 5.97 Å². The molecular weight excluding hydrogens is 421 g/mol. The quantitative estimate of drug-likeness (QED) is 0.430. The maximum absolute atomic E-state index is 15.0. The third-order valence-electron chi connectivity index (χ3n) is 5.43. The zero-order chi connectivity index (χ0) is 22.1. The third-order valence-corrected chi connectivity index (χ3v) is 5.72. The van der Waals surface area contributed by atoms with Gasteiger partial charge in [0.05, 0.1) is 29.1 Å². The minimum absolute atomic E-state index is 0.108. The molecule has 0 bridgehead atoms. The number of benzene rings is 1. The Labute approximate surface area is 184 Å². The summed E-state index contributed by atoms with van der Waals surface area (Å²) in [4.78, 5) is 29.3. The van der Waals surface area contributed by atoms with Gasteiger partial charge < -0.3 is 4.74 Å². The lowest BCUT2D eigenvalue weighted by atomic mass is 9.93. The van der Waals surface area contributed by atoms with Crippen molar-refractivity contribution in [1.29, 1.82) is 0 Å². The number of nitrogens with zero attached hydrogens (tertiary/aromatic N) is 3. The number of carbonyl (C=O) groups is 2. The van der Waals surface area contributed by atoms with Crippen LogP contribution in [0.1, 0.15) is 57.3 Å². The number of aromatic nitrogens is 3. The maximum atomic E-state index is 15.0. The molecule has 8 heteroatoms. The minimum Gasteiger partial charge on any atom is -0.462 e. The van der Waals surface area contributed by atoms with Crippen LogP contribution in [0.4, 0.5) is 4.39 Å². The number of ether oxygens (including phenoxy) is 1. The first-order valence-corrected chi connectivity index (χ1v) is 10.5. The predicted octanol–water partition coefficient (Wildman–Crippen LogP) is 4.79. The molecule has 0 aliphatic heterocycles. The number of rotatable bonds is 4. The zero-order valence-electron chi connectivity index (χ0n) is 17.2. The summed E-state index contributed by atoms with van der Waals surface area (Å²) in [5, 5.41) is 4.62. The summed E-state index contributed by atoms with van der Waals surface area (Å²) in [5.74, 6) is -1.56. The van der Waals surface area contributed by atoms with Crippen molar-refractivity contribution in [3.05, 3.63) is 69.4 Å². The fraction of sp³-hybridized carbons (Fsp3) is 0.304. The van der Waals surface area contributed by atoms with Crippen LogP contribution in [0.25, 0.3) is 11.3 Å². The molecule has 0 spiro atoms. The number of halogens is 2. The topological polar surface area (TPSA) is 74.1 Å². The molecule has 1 aliphatic carbocycles. The van der Waals surface area contributed by atoms with Crippen molar-refractivity contribution in [2.45, 2.75) is 39.5 Å². The summed E-state index contributed by atoms with van der Waals surface area (Å²) < 4.78 is 21.3. The number of hydrogen-bond donors (Lipinski definition) is 0. The third kappa shape index (κ3) is 3.85. The van der Waals surface area contributed by atoms with Crippen molar-refractivity contribution >= 4 is 23.5 Å². The highest BCUT2D eigenvalue weighted by Gasteiger charge is 2.28. The number of esters is 1. The van der Waals surface area contributed by atoms with E-state index in [1.807, 2.05) is 0 Å². The van der Waals surface area contributed by atoms with Crippen LogP contribution in [0, 0.1) is 12.7 Å². The Hall–Kier alpha value is -3.06. The Kier molecular flexibility index (Phi) is 5.87. The molecule has 160 valence electrons. The zero-order valence-corrected chi connectivity index (χ0v) is 18.0. The second kappa shape index (κ2) is 8.59. The van der Waals surface area contributed by atoms with E-state index in [0.717, 1.165) is 30.2 Å².